The predicted octanol–water partition coefficient (Wildman–Crippen LogP) is 3.27. The van der Waals surface area contributed by atoms with Crippen LogP contribution in [0.4, 0.5) is 11.4 Å². The van der Waals surface area contributed by atoms with Gasteiger partial charge in [-0.3, -0.25) is 0 Å². The van der Waals surface area contributed by atoms with E-state index in [-0.39, 0.29) is 0 Å². The molecule has 0 amide bonds. The van der Waals surface area contributed by atoms with Crippen LogP contribution in [0.2, 0.25) is 0 Å². The molecule has 0 aliphatic heterocycles. The molecule has 94 valence electrons. The normalized spacial score (nSPS) is 16.6. The summed E-state index contributed by atoms with van der Waals surface area (Å²) in [6.45, 7) is 6.10. The van der Waals surface area contributed by atoms with Crippen LogP contribution in [0.5, 0.6) is 5.75 Å². The lowest BCUT2D eigenvalue weighted by atomic mass is 10.1. The SMILES string of the molecule is CCCOc1cccc(NCC2(C)CC2)c1N. The summed E-state index contributed by atoms with van der Waals surface area (Å²) in [6, 6.07) is 5.92. The van der Waals surface area contributed by atoms with Gasteiger partial charge in [-0.25, -0.2) is 0 Å². The highest BCUT2D eigenvalue weighted by Crippen LogP contribution is 2.45. The van der Waals surface area contributed by atoms with Crippen LogP contribution in [0.1, 0.15) is 33.1 Å². The van der Waals surface area contributed by atoms with Crippen LogP contribution in [0.3, 0.4) is 0 Å². The Hall–Kier alpha value is -1.38. The zero-order chi connectivity index (χ0) is 12.3. The molecular formula is C14H22N2O. The number of hydrogen-bond acceptors (Lipinski definition) is 3. The fourth-order valence-corrected chi connectivity index (χ4v) is 1.73. The molecule has 0 unspecified atom stereocenters. The molecule has 1 fully saturated rings. The molecule has 0 saturated heterocycles. The summed E-state index contributed by atoms with van der Waals surface area (Å²) >= 11 is 0. The summed E-state index contributed by atoms with van der Waals surface area (Å²) in [7, 11) is 0. The van der Waals surface area contributed by atoms with Gasteiger partial charge >= 0.3 is 0 Å². The van der Waals surface area contributed by atoms with E-state index >= 15 is 0 Å². The van der Waals surface area contributed by atoms with Gasteiger partial charge in [-0.1, -0.05) is 19.9 Å². The summed E-state index contributed by atoms with van der Waals surface area (Å²) in [4.78, 5) is 0. The number of rotatable bonds is 6. The zero-order valence-corrected chi connectivity index (χ0v) is 10.8. The molecule has 2 rings (SSSR count). The van der Waals surface area contributed by atoms with E-state index in [2.05, 4.69) is 19.2 Å². The molecule has 0 atom stereocenters. The lowest BCUT2D eigenvalue weighted by molar-refractivity contribution is 0.319. The van der Waals surface area contributed by atoms with Gasteiger partial charge in [0.1, 0.15) is 5.75 Å². The van der Waals surface area contributed by atoms with Crippen LogP contribution in [-0.2, 0) is 0 Å². The molecule has 1 aliphatic rings. The number of nitrogens with one attached hydrogen (secondary N) is 1. The Bertz CT molecular complexity index is 386. The fraction of sp³-hybridized carbons (Fsp3) is 0.571. The van der Waals surface area contributed by atoms with Crippen LogP contribution in [0, 0.1) is 5.41 Å². The van der Waals surface area contributed by atoms with Crippen molar-refractivity contribution in [1.82, 2.24) is 0 Å². The third kappa shape index (κ3) is 3.05. The molecule has 1 saturated carbocycles. The molecule has 3 heteroatoms. The van der Waals surface area contributed by atoms with E-state index in [1.807, 2.05) is 18.2 Å². The summed E-state index contributed by atoms with van der Waals surface area (Å²) in [5.41, 5.74) is 8.28. The van der Waals surface area contributed by atoms with Crippen molar-refractivity contribution in [2.45, 2.75) is 33.1 Å². The Kier molecular flexibility index (Phi) is 3.46. The molecule has 0 radical (unpaired) electrons. The molecule has 0 bridgehead atoms. The number of nitrogen functional groups attached to an aromatic ring is 1. The Balaban J connectivity index is 2.00. The Labute approximate surface area is 103 Å². The fourth-order valence-electron chi connectivity index (χ4n) is 1.73. The van der Waals surface area contributed by atoms with Gasteiger partial charge in [-0.2, -0.15) is 0 Å². The van der Waals surface area contributed by atoms with Crippen LogP contribution in [0.15, 0.2) is 18.2 Å². The standard InChI is InChI=1S/C14H22N2O/c1-3-9-17-12-6-4-5-11(13(12)15)16-10-14(2)7-8-14/h4-6,16H,3,7-10,15H2,1-2H3. The number of ether oxygens (including phenoxy) is 1. The first-order valence-corrected chi connectivity index (χ1v) is 6.40. The maximum absolute atomic E-state index is 6.09. The molecule has 17 heavy (non-hydrogen) atoms. The van der Waals surface area contributed by atoms with Crippen LogP contribution in [-0.4, -0.2) is 13.2 Å². The van der Waals surface area contributed by atoms with Gasteiger partial charge in [0.05, 0.1) is 18.0 Å². The highest BCUT2D eigenvalue weighted by Gasteiger charge is 2.36. The van der Waals surface area contributed by atoms with Crippen LogP contribution < -0.4 is 15.8 Å². The van der Waals surface area contributed by atoms with E-state index in [4.69, 9.17) is 10.5 Å². The van der Waals surface area contributed by atoms with Crippen molar-refractivity contribution in [2.24, 2.45) is 5.41 Å². The largest absolute Gasteiger partial charge is 0.491 e. The maximum atomic E-state index is 6.09. The second-order valence-electron chi connectivity index (χ2n) is 5.23. The van der Waals surface area contributed by atoms with E-state index in [0.717, 1.165) is 30.1 Å². The van der Waals surface area contributed by atoms with E-state index in [1.54, 1.807) is 0 Å². The van der Waals surface area contributed by atoms with E-state index in [9.17, 15) is 0 Å². The quantitative estimate of drug-likeness (QED) is 0.743. The minimum atomic E-state index is 0.479. The molecule has 1 aromatic carbocycles. The molecule has 0 aromatic heterocycles. The highest BCUT2D eigenvalue weighted by molar-refractivity contribution is 5.73. The molecule has 0 heterocycles. The summed E-state index contributed by atoms with van der Waals surface area (Å²) in [5, 5.41) is 3.43. The zero-order valence-electron chi connectivity index (χ0n) is 10.8. The second kappa shape index (κ2) is 4.86. The monoisotopic (exact) mass is 234 g/mol. The lowest BCUT2D eigenvalue weighted by Crippen LogP contribution is -2.13. The van der Waals surface area contributed by atoms with Crippen molar-refractivity contribution in [3.8, 4) is 5.75 Å². The lowest BCUT2D eigenvalue weighted by Gasteiger charge is -2.15. The van der Waals surface area contributed by atoms with Crippen LogP contribution >= 0.6 is 0 Å². The molecule has 1 aromatic rings. The smallest absolute Gasteiger partial charge is 0.144 e. The van der Waals surface area contributed by atoms with Crippen molar-refractivity contribution in [3.63, 3.8) is 0 Å². The van der Waals surface area contributed by atoms with Gasteiger partial charge in [0, 0.05) is 6.54 Å². The molecule has 3 N–H and O–H groups in total. The maximum Gasteiger partial charge on any atom is 0.144 e. The van der Waals surface area contributed by atoms with Gasteiger partial charge < -0.3 is 15.8 Å². The number of hydrogen-bond donors (Lipinski definition) is 2. The van der Waals surface area contributed by atoms with Gasteiger partial charge in [0.25, 0.3) is 0 Å². The first-order valence-electron chi connectivity index (χ1n) is 6.40. The highest BCUT2D eigenvalue weighted by atomic mass is 16.5. The third-order valence-electron chi connectivity index (χ3n) is 3.34. The minimum Gasteiger partial charge on any atom is -0.491 e. The second-order valence-corrected chi connectivity index (χ2v) is 5.23. The number of nitrogens with two attached hydrogens (primary N) is 1. The first-order chi connectivity index (χ1) is 8.14. The average Bonchev–Trinajstić information content (AvgIpc) is 3.05. The predicted molar refractivity (Wildman–Crippen MR) is 72.5 cm³/mol. The number of benzene rings is 1. The Morgan fingerprint density at radius 2 is 2.18 bits per heavy atom. The van der Waals surface area contributed by atoms with Gasteiger partial charge in [0.2, 0.25) is 0 Å². The van der Waals surface area contributed by atoms with Crippen LogP contribution in [0.25, 0.3) is 0 Å². The summed E-state index contributed by atoms with van der Waals surface area (Å²) < 4.78 is 5.61. The van der Waals surface area contributed by atoms with Crippen molar-refractivity contribution < 1.29 is 4.74 Å². The Morgan fingerprint density at radius 1 is 1.41 bits per heavy atom. The van der Waals surface area contributed by atoms with Crippen molar-refractivity contribution in [3.05, 3.63) is 18.2 Å². The van der Waals surface area contributed by atoms with Gasteiger partial charge in [0.15, 0.2) is 0 Å². The van der Waals surface area contributed by atoms with E-state index < -0.39 is 0 Å². The number of para-hydroxylation sites is 1. The third-order valence-corrected chi connectivity index (χ3v) is 3.34. The van der Waals surface area contributed by atoms with Gasteiger partial charge in [-0.05, 0) is 36.8 Å². The Morgan fingerprint density at radius 3 is 2.82 bits per heavy atom. The molecule has 0 spiro atoms. The number of anilines is 2. The van der Waals surface area contributed by atoms with Crippen molar-refractivity contribution >= 4 is 11.4 Å². The molecule has 1 aliphatic carbocycles. The minimum absolute atomic E-state index is 0.479. The average molecular weight is 234 g/mol. The summed E-state index contributed by atoms with van der Waals surface area (Å²) in [5.74, 6) is 0.790. The molecule has 3 nitrogen and oxygen atoms in total. The first kappa shape index (κ1) is 12.1. The summed E-state index contributed by atoms with van der Waals surface area (Å²) in [6.07, 6.45) is 3.62. The van der Waals surface area contributed by atoms with E-state index in [1.165, 1.54) is 12.8 Å². The van der Waals surface area contributed by atoms with Crippen molar-refractivity contribution in [1.29, 1.82) is 0 Å². The topological polar surface area (TPSA) is 47.3 Å². The van der Waals surface area contributed by atoms with Crippen molar-refractivity contribution in [2.75, 3.05) is 24.2 Å². The van der Waals surface area contributed by atoms with Gasteiger partial charge in [-0.15, -0.1) is 0 Å². The van der Waals surface area contributed by atoms with E-state index in [0.29, 0.717) is 12.0 Å². The molecular weight excluding hydrogens is 212 g/mol.